The Labute approximate surface area is 141 Å². The van der Waals surface area contributed by atoms with Crippen molar-refractivity contribution in [3.8, 4) is 0 Å². The van der Waals surface area contributed by atoms with Crippen LogP contribution in [0.4, 0.5) is 5.95 Å². The molecular formula is C15H13N5O5. The highest BCUT2D eigenvalue weighted by Crippen LogP contribution is 2.24. The molecule has 3 amide bonds. The zero-order valence-corrected chi connectivity index (χ0v) is 13.3. The summed E-state index contributed by atoms with van der Waals surface area (Å²) in [6.07, 6.45) is 0. The van der Waals surface area contributed by atoms with E-state index in [-0.39, 0.29) is 22.9 Å². The number of nitrogens with zero attached hydrogens (tertiary/aromatic N) is 3. The summed E-state index contributed by atoms with van der Waals surface area (Å²) in [5, 5.41) is 8.30. The molecule has 25 heavy (non-hydrogen) atoms. The second kappa shape index (κ2) is 6.15. The van der Waals surface area contributed by atoms with Gasteiger partial charge >= 0.3 is 5.97 Å². The molecule has 1 aromatic carbocycles. The third-order valence-corrected chi connectivity index (χ3v) is 3.69. The number of nitrogens with one attached hydrogen (secondary N) is 2. The minimum absolute atomic E-state index is 0.172. The molecule has 2 heterocycles. The van der Waals surface area contributed by atoms with Gasteiger partial charge < -0.3 is 4.74 Å². The van der Waals surface area contributed by atoms with Crippen molar-refractivity contribution in [2.75, 3.05) is 12.4 Å². The average Bonchev–Trinajstić information content (AvgIpc) is 3.18. The minimum Gasteiger partial charge on any atom is -0.463 e. The summed E-state index contributed by atoms with van der Waals surface area (Å²) < 4.78 is 4.46. The molecule has 0 saturated heterocycles. The van der Waals surface area contributed by atoms with Crippen molar-refractivity contribution >= 4 is 29.6 Å². The molecule has 2 aromatic rings. The number of ether oxygens (including phenoxy) is 1. The minimum atomic E-state index is -1.09. The van der Waals surface area contributed by atoms with Crippen molar-refractivity contribution in [3.05, 3.63) is 41.2 Å². The standard InChI is InChI=1S/C15H13N5O5/c1-7(11(21)17-15-16-10(18-19-15)14(24)25-2)20-12(22)8-5-3-4-6-9(8)13(20)23/h3-7H,1-2H3,(H2,16,17,18,19,21)/t7-/m0/s1. The Hall–Kier alpha value is -3.56. The predicted octanol–water partition coefficient (Wildman–Crippen LogP) is 0.214. The topological polar surface area (TPSA) is 134 Å². The number of carbonyl (C=O) groups excluding carboxylic acids is 4. The maximum atomic E-state index is 12.4. The summed E-state index contributed by atoms with van der Waals surface area (Å²) >= 11 is 0. The van der Waals surface area contributed by atoms with Crippen molar-refractivity contribution in [1.29, 1.82) is 0 Å². The van der Waals surface area contributed by atoms with Gasteiger partial charge in [-0.2, -0.15) is 4.98 Å². The molecule has 128 valence electrons. The molecule has 1 aliphatic heterocycles. The van der Waals surface area contributed by atoms with E-state index in [9.17, 15) is 19.2 Å². The number of rotatable bonds is 4. The molecule has 0 saturated carbocycles. The average molecular weight is 343 g/mol. The molecule has 0 aliphatic carbocycles. The fraction of sp³-hybridized carbons (Fsp3) is 0.200. The number of H-pyrrole nitrogens is 1. The molecule has 10 heteroatoms. The summed E-state index contributed by atoms with van der Waals surface area (Å²) in [6, 6.07) is 5.24. The van der Waals surface area contributed by atoms with Gasteiger partial charge in [-0.3, -0.25) is 29.7 Å². The summed E-state index contributed by atoms with van der Waals surface area (Å²) in [7, 11) is 1.17. The van der Waals surface area contributed by atoms with E-state index in [1.54, 1.807) is 12.1 Å². The SMILES string of the molecule is COC(=O)c1nc(NC(=O)[C@H](C)N2C(=O)c3ccccc3C2=O)n[nH]1. The van der Waals surface area contributed by atoms with Crippen molar-refractivity contribution in [1.82, 2.24) is 20.1 Å². The van der Waals surface area contributed by atoms with Crippen molar-refractivity contribution < 1.29 is 23.9 Å². The van der Waals surface area contributed by atoms with E-state index in [2.05, 4.69) is 25.2 Å². The Morgan fingerprint density at radius 2 is 1.80 bits per heavy atom. The van der Waals surface area contributed by atoms with Gasteiger partial charge in [0, 0.05) is 0 Å². The molecule has 0 unspecified atom stereocenters. The molecule has 1 aromatic heterocycles. The number of aromatic nitrogens is 3. The van der Waals surface area contributed by atoms with Crippen LogP contribution in [0.5, 0.6) is 0 Å². The normalized spacial score (nSPS) is 14.2. The molecule has 10 nitrogen and oxygen atoms in total. The molecule has 2 N–H and O–H groups in total. The summed E-state index contributed by atoms with van der Waals surface area (Å²) in [5.74, 6) is -2.88. The number of anilines is 1. The lowest BCUT2D eigenvalue weighted by Crippen LogP contribution is -2.45. The van der Waals surface area contributed by atoms with E-state index in [0.29, 0.717) is 0 Å². The van der Waals surface area contributed by atoms with Crippen LogP contribution in [-0.4, -0.2) is 56.9 Å². The van der Waals surface area contributed by atoms with E-state index < -0.39 is 29.7 Å². The molecular weight excluding hydrogens is 330 g/mol. The van der Waals surface area contributed by atoms with Crippen LogP contribution in [0.15, 0.2) is 24.3 Å². The summed E-state index contributed by atoms with van der Waals surface area (Å²) in [6.45, 7) is 1.41. The van der Waals surface area contributed by atoms with Gasteiger partial charge in [0.2, 0.25) is 17.7 Å². The third-order valence-electron chi connectivity index (χ3n) is 3.69. The molecule has 0 spiro atoms. The molecule has 0 fully saturated rings. The number of hydrogen-bond donors (Lipinski definition) is 2. The molecule has 1 aliphatic rings. The Kier molecular flexibility index (Phi) is 4.01. The second-order valence-corrected chi connectivity index (χ2v) is 5.19. The van der Waals surface area contributed by atoms with Crippen LogP contribution in [0.3, 0.4) is 0 Å². The Morgan fingerprint density at radius 3 is 2.36 bits per heavy atom. The number of carbonyl (C=O) groups is 4. The molecule has 0 bridgehead atoms. The van der Waals surface area contributed by atoms with E-state index >= 15 is 0 Å². The van der Waals surface area contributed by atoms with Crippen LogP contribution >= 0.6 is 0 Å². The fourth-order valence-electron chi connectivity index (χ4n) is 2.40. The van der Waals surface area contributed by atoms with Crippen LogP contribution in [-0.2, 0) is 9.53 Å². The van der Waals surface area contributed by atoms with E-state index in [1.165, 1.54) is 26.2 Å². The number of esters is 1. The lowest BCUT2D eigenvalue weighted by atomic mass is 10.1. The maximum Gasteiger partial charge on any atom is 0.375 e. The van der Waals surface area contributed by atoms with Crippen molar-refractivity contribution in [3.63, 3.8) is 0 Å². The first-order chi connectivity index (χ1) is 11.9. The highest BCUT2D eigenvalue weighted by Gasteiger charge is 2.40. The van der Waals surface area contributed by atoms with Crippen LogP contribution in [0.1, 0.15) is 38.3 Å². The van der Waals surface area contributed by atoms with Crippen LogP contribution < -0.4 is 5.32 Å². The Bertz CT molecular complexity index is 855. The van der Waals surface area contributed by atoms with Crippen molar-refractivity contribution in [2.45, 2.75) is 13.0 Å². The maximum absolute atomic E-state index is 12.4. The number of amides is 3. The fourth-order valence-corrected chi connectivity index (χ4v) is 2.40. The monoisotopic (exact) mass is 343 g/mol. The van der Waals surface area contributed by atoms with Gasteiger partial charge in [-0.15, -0.1) is 5.10 Å². The number of aromatic amines is 1. The third kappa shape index (κ3) is 2.73. The Morgan fingerprint density at radius 1 is 1.20 bits per heavy atom. The van der Waals surface area contributed by atoms with E-state index in [4.69, 9.17) is 0 Å². The molecule has 0 radical (unpaired) electrons. The second-order valence-electron chi connectivity index (χ2n) is 5.19. The number of imide groups is 1. The lowest BCUT2D eigenvalue weighted by Gasteiger charge is -2.20. The van der Waals surface area contributed by atoms with Crippen LogP contribution in [0, 0.1) is 0 Å². The van der Waals surface area contributed by atoms with Gasteiger partial charge in [0.1, 0.15) is 6.04 Å². The first-order valence-electron chi connectivity index (χ1n) is 7.22. The predicted molar refractivity (Wildman–Crippen MR) is 82.8 cm³/mol. The van der Waals surface area contributed by atoms with Crippen LogP contribution in [0.2, 0.25) is 0 Å². The summed E-state index contributed by atoms with van der Waals surface area (Å²) in [5.41, 5.74) is 0.496. The first-order valence-corrected chi connectivity index (χ1v) is 7.22. The number of fused-ring (bicyclic) bond motifs is 1. The Balaban J connectivity index is 1.75. The smallest absolute Gasteiger partial charge is 0.375 e. The number of hydrogen-bond acceptors (Lipinski definition) is 7. The van der Waals surface area contributed by atoms with Crippen LogP contribution in [0.25, 0.3) is 0 Å². The number of methoxy groups -OCH3 is 1. The lowest BCUT2D eigenvalue weighted by molar-refractivity contribution is -0.119. The van der Waals surface area contributed by atoms with Gasteiger partial charge in [-0.25, -0.2) is 4.79 Å². The summed E-state index contributed by atoms with van der Waals surface area (Å²) in [4.78, 5) is 53.0. The van der Waals surface area contributed by atoms with Gasteiger partial charge in [0.05, 0.1) is 18.2 Å². The largest absolute Gasteiger partial charge is 0.463 e. The van der Waals surface area contributed by atoms with Gasteiger partial charge in [-0.05, 0) is 19.1 Å². The quantitative estimate of drug-likeness (QED) is 0.598. The molecule has 3 rings (SSSR count). The number of benzene rings is 1. The highest BCUT2D eigenvalue weighted by molar-refractivity contribution is 6.23. The van der Waals surface area contributed by atoms with Gasteiger partial charge in [-0.1, -0.05) is 12.1 Å². The van der Waals surface area contributed by atoms with Gasteiger partial charge in [0.25, 0.3) is 11.8 Å². The highest BCUT2D eigenvalue weighted by atomic mass is 16.5. The molecule has 1 atom stereocenters. The van der Waals surface area contributed by atoms with E-state index in [0.717, 1.165) is 4.90 Å². The van der Waals surface area contributed by atoms with Crippen molar-refractivity contribution in [2.24, 2.45) is 0 Å². The zero-order chi connectivity index (χ0) is 18.1. The first kappa shape index (κ1) is 16.3. The van der Waals surface area contributed by atoms with Gasteiger partial charge in [0.15, 0.2) is 0 Å². The van der Waals surface area contributed by atoms with E-state index in [1.807, 2.05) is 0 Å². The zero-order valence-electron chi connectivity index (χ0n) is 13.3.